The molecule has 4 N–H and O–H groups in total. The quantitative estimate of drug-likeness (QED) is 0.215. The lowest BCUT2D eigenvalue weighted by Gasteiger charge is -2.16. The summed E-state index contributed by atoms with van der Waals surface area (Å²) >= 11 is 0. The summed E-state index contributed by atoms with van der Waals surface area (Å²) in [6.07, 6.45) is 4.76. The zero-order chi connectivity index (χ0) is 31.4. The zero-order valence-electron chi connectivity index (χ0n) is 24.3. The predicted molar refractivity (Wildman–Crippen MR) is 162 cm³/mol. The smallest absolute Gasteiger partial charge is 0.274 e. The molecule has 0 aliphatic carbocycles. The van der Waals surface area contributed by atoms with Gasteiger partial charge in [0.15, 0.2) is 28.8 Å². The van der Waals surface area contributed by atoms with Crippen molar-refractivity contribution in [1.29, 1.82) is 5.26 Å². The van der Waals surface area contributed by atoms with Crippen molar-refractivity contribution in [3.05, 3.63) is 95.3 Å². The molecule has 2 aromatic carbocycles. The molecule has 3 aromatic heterocycles. The van der Waals surface area contributed by atoms with E-state index in [2.05, 4.69) is 40.0 Å². The summed E-state index contributed by atoms with van der Waals surface area (Å²) in [6.45, 7) is 3.50. The molecule has 1 amide bonds. The van der Waals surface area contributed by atoms with Gasteiger partial charge in [-0.2, -0.15) is 5.26 Å². The second kappa shape index (κ2) is 12.8. The molecular weight excluding hydrogens is 566 g/mol. The molecule has 224 valence electrons. The van der Waals surface area contributed by atoms with Gasteiger partial charge in [0, 0.05) is 31.4 Å². The van der Waals surface area contributed by atoms with E-state index < -0.39 is 23.6 Å². The second-order valence-electron chi connectivity index (χ2n) is 10.5. The lowest BCUT2D eigenvalue weighted by atomic mass is 10.0. The van der Waals surface area contributed by atoms with E-state index >= 15 is 0 Å². The van der Waals surface area contributed by atoms with Crippen molar-refractivity contribution in [2.24, 2.45) is 0 Å². The maximum atomic E-state index is 13.7. The van der Waals surface area contributed by atoms with Gasteiger partial charge in [0.2, 0.25) is 0 Å². The number of nitrogens with zero attached hydrogens (tertiary/aromatic N) is 7. The number of anilines is 2. The fourth-order valence-electron chi connectivity index (χ4n) is 4.69. The monoisotopic (exact) mass is 596 g/mol. The van der Waals surface area contributed by atoms with Crippen molar-refractivity contribution in [3.8, 4) is 17.2 Å². The predicted octanol–water partition coefficient (Wildman–Crippen LogP) is 4.29. The van der Waals surface area contributed by atoms with Gasteiger partial charge < -0.3 is 25.8 Å². The van der Waals surface area contributed by atoms with Gasteiger partial charge in [-0.25, -0.2) is 28.7 Å². The molecule has 3 heterocycles. The van der Waals surface area contributed by atoms with Gasteiger partial charge in [0.1, 0.15) is 23.9 Å². The van der Waals surface area contributed by atoms with Crippen molar-refractivity contribution in [2.45, 2.75) is 26.1 Å². The molecule has 13 heteroatoms. The van der Waals surface area contributed by atoms with Crippen LogP contribution in [0.3, 0.4) is 0 Å². The Labute approximate surface area is 252 Å². The van der Waals surface area contributed by atoms with Crippen LogP contribution in [0.15, 0.2) is 61.2 Å². The minimum absolute atomic E-state index is 0.0430. The maximum Gasteiger partial charge on any atom is 0.274 e. The molecule has 5 rings (SSSR count). The number of hydrogen-bond donors (Lipinski definition) is 3. The van der Waals surface area contributed by atoms with Crippen molar-refractivity contribution in [1.82, 2.24) is 34.7 Å². The van der Waals surface area contributed by atoms with Crippen LogP contribution in [0.2, 0.25) is 0 Å². The van der Waals surface area contributed by atoms with Gasteiger partial charge in [-0.1, -0.05) is 30.3 Å². The molecule has 0 saturated heterocycles. The fourth-order valence-corrected chi connectivity index (χ4v) is 4.69. The minimum Gasteiger partial charge on any atom is -0.383 e. The number of fused-ring (bicyclic) bond motifs is 1. The number of likely N-dealkylation sites (N-methyl/N-ethyl adjacent to an activating group) is 1. The minimum atomic E-state index is -1.02. The lowest BCUT2D eigenvalue weighted by Crippen LogP contribution is -2.29. The van der Waals surface area contributed by atoms with Gasteiger partial charge in [0.05, 0.1) is 17.6 Å². The summed E-state index contributed by atoms with van der Waals surface area (Å²) in [7, 11) is 4.02. The second-order valence-corrected chi connectivity index (χ2v) is 10.5. The zero-order valence-corrected chi connectivity index (χ0v) is 24.3. The molecule has 11 nitrogen and oxygen atoms in total. The lowest BCUT2D eigenvalue weighted by molar-refractivity contribution is 0.0935. The van der Waals surface area contributed by atoms with Crippen LogP contribution in [0.4, 0.5) is 20.4 Å². The van der Waals surface area contributed by atoms with Crippen LogP contribution in [-0.4, -0.2) is 56.0 Å². The van der Waals surface area contributed by atoms with E-state index in [0.29, 0.717) is 17.9 Å². The van der Waals surface area contributed by atoms with E-state index in [4.69, 9.17) is 5.73 Å². The van der Waals surface area contributed by atoms with E-state index in [-0.39, 0.29) is 17.2 Å². The normalized spacial score (nSPS) is 11.8. The molecule has 1 atom stereocenters. The third-order valence-corrected chi connectivity index (χ3v) is 7.09. The summed E-state index contributed by atoms with van der Waals surface area (Å²) in [4.78, 5) is 32.3. The number of benzene rings is 2. The van der Waals surface area contributed by atoms with Crippen LogP contribution in [-0.2, 0) is 13.1 Å². The van der Waals surface area contributed by atoms with Crippen molar-refractivity contribution in [2.75, 3.05) is 31.7 Å². The molecule has 0 aliphatic rings. The number of carbonyl (C=O) groups excluding carboxylic acids is 1. The summed E-state index contributed by atoms with van der Waals surface area (Å²) in [6, 6.07) is 12.4. The molecule has 0 radical (unpaired) electrons. The van der Waals surface area contributed by atoms with Gasteiger partial charge in [0.25, 0.3) is 5.91 Å². The highest BCUT2D eigenvalue weighted by Crippen LogP contribution is 2.33. The van der Waals surface area contributed by atoms with Crippen molar-refractivity contribution in [3.63, 3.8) is 0 Å². The van der Waals surface area contributed by atoms with Crippen LogP contribution in [0.25, 0.3) is 22.2 Å². The number of nitrogens with two attached hydrogens (primary N) is 1. The summed E-state index contributed by atoms with van der Waals surface area (Å²) in [5, 5.41) is 15.9. The van der Waals surface area contributed by atoms with Crippen LogP contribution in [0.5, 0.6) is 0 Å². The molecular formula is C31H30F2N10O. The highest BCUT2D eigenvalue weighted by molar-refractivity contribution is 6.00. The first-order chi connectivity index (χ1) is 21.1. The van der Waals surface area contributed by atoms with Crippen LogP contribution in [0.1, 0.15) is 40.3 Å². The summed E-state index contributed by atoms with van der Waals surface area (Å²) in [5.41, 5.74) is 10.00. The number of nitrogens with one attached hydrogen (secondary N) is 2. The first kappa shape index (κ1) is 30.0. The Balaban J connectivity index is 1.34. The number of nitrogen functional groups attached to an aromatic ring is 1. The number of halogens is 2. The third-order valence-electron chi connectivity index (χ3n) is 7.09. The van der Waals surface area contributed by atoms with E-state index in [9.17, 15) is 18.8 Å². The SMILES string of the molecule is CC(NC(=O)c1nc(C#N)cnc1NCc1ccc(-c2cn(CCN(C)C)c3ncnc(N)c23)cc1)c1ccc(F)c(F)c1. The topological polar surface area (TPSA) is 151 Å². The number of nitriles is 1. The number of hydrogen-bond acceptors (Lipinski definition) is 9. The molecule has 0 aliphatic heterocycles. The Kier molecular flexibility index (Phi) is 8.73. The van der Waals surface area contributed by atoms with Gasteiger partial charge in [-0.05, 0) is 49.8 Å². The summed E-state index contributed by atoms with van der Waals surface area (Å²) in [5.74, 6) is -2.06. The van der Waals surface area contributed by atoms with E-state index in [0.717, 1.165) is 52.9 Å². The maximum absolute atomic E-state index is 13.7. The Morgan fingerprint density at radius 1 is 1.11 bits per heavy atom. The fraction of sp³-hybridized carbons (Fsp3) is 0.226. The third kappa shape index (κ3) is 6.45. The average Bonchev–Trinajstić information content (AvgIpc) is 3.40. The van der Waals surface area contributed by atoms with Gasteiger partial charge in [-0.3, -0.25) is 4.79 Å². The van der Waals surface area contributed by atoms with Crippen LogP contribution < -0.4 is 16.4 Å². The van der Waals surface area contributed by atoms with Gasteiger partial charge in [-0.15, -0.1) is 0 Å². The first-order valence-corrected chi connectivity index (χ1v) is 13.7. The number of aromatic nitrogens is 5. The molecule has 0 saturated carbocycles. The number of rotatable bonds is 10. The highest BCUT2D eigenvalue weighted by Gasteiger charge is 2.20. The Morgan fingerprint density at radius 2 is 1.89 bits per heavy atom. The number of carbonyl (C=O) groups is 1. The largest absolute Gasteiger partial charge is 0.383 e. The van der Waals surface area contributed by atoms with E-state index in [1.165, 1.54) is 18.6 Å². The van der Waals surface area contributed by atoms with Crippen molar-refractivity contribution < 1.29 is 13.6 Å². The van der Waals surface area contributed by atoms with Crippen LogP contribution >= 0.6 is 0 Å². The Hall–Kier alpha value is -5.48. The Bertz CT molecular complexity index is 1860. The standard InChI is InChI=1S/C31H30F2N10O/c1-18(21-8-9-24(32)25(33)12-21)40-31(44)27-29(37-15-22(13-34)41-27)36-14-19-4-6-20(7-5-19)23-16-43(11-10-42(2)3)30-26(23)28(35)38-17-39-30/h4-9,12,15-18H,10-11,14H2,1-3H3,(H,36,37)(H,40,44)(H2,35,38,39). The number of amides is 1. The first-order valence-electron chi connectivity index (χ1n) is 13.7. The molecule has 44 heavy (non-hydrogen) atoms. The summed E-state index contributed by atoms with van der Waals surface area (Å²) < 4.78 is 29.2. The highest BCUT2D eigenvalue weighted by atomic mass is 19.2. The Morgan fingerprint density at radius 3 is 2.59 bits per heavy atom. The molecule has 0 fully saturated rings. The molecule has 1 unspecified atom stereocenters. The molecule has 0 bridgehead atoms. The van der Waals surface area contributed by atoms with Crippen molar-refractivity contribution >= 4 is 28.6 Å². The van der Waals surface area contributed by atoms with Gasteiger partial charge >= 0.3 is 0 Å². The van der Waals surface area contributed by atoms with Crippen LogP contribution in [0, 0.1) is 23.0 Å². The average molecular weight is 597 g/mol. The molecule has 5 aromatic rings. The molecule has 0 spiro atoms. The van der Waals surface area contributed by atoms with E-state index in [1.54, 1.807) is 6.92 Å². The van der Waals surface area contributed by atoms with E-state index in [1.807, 2.05) is 50.6 Å².